The molecule has 3 atom stereocenters. The number of aliphatic hydroxyl groups excluding tert-OH is 2. The van der Waals surface area contributed by atoms with E-state index in [-0.39, 0.29) is 19.3 Å². The molecule has 0 spiro atoms. The standard InChI is InChI=1S/C7H11F3O2/c8-7(9,10)4-1-5(11)3-6(12)2-4/h4-6,11-12H,1-3H2/t4?,5-,6+. The molecule has 0 aromatic rings. The van der Waals surface area contributed by atoms with Crippen LogP contribution in [0, 0.1) is 5.92 Å². The lowest BCUT2D eigenvalue weighted by Crippen LogP contribution is -2.37. The zero-order valence-electron chi connectivity index (χ0n) is 6.38. The van der Waals surface area contributed by atoms with Gasteiger partial charge in [-0.3, -0.25) is 0 Å². The van der Waals surface area contributed by atoms with Gasteiger partial charge in [-0.05, 0) is 19.3 Å². The smallest absolute Gasteiger partial charge is 0.392 e. The van der Waals surface area contributed by atoms with Crippen molar-refractivity contribution in [3.8, 4) is 0 Å². The predicted octanol–water partition coefficient (Wildman–Crippen LogP) is 1.07. The lowest BCUT2D eigenvalue weighted by molar-refractivity contribution is -0.199. The number of alkyl halides is 3. The van der Waals surface area contributed by atoms with Gasteiger partial charge in [0.1, 0.15) is 0 Å². The van der Waals surface area contributed by atoms with Gasteiger partial charge in [0.25, 0.3) is 0 Å². The van der Waals surface area contributed by atoms with Crippen LogP contribution < -0.4 is 0 Å². The zero-order chi connectivity index (χ0) is 9.35. The molecule has 5 heteroatoms. The second kappa shape index (κ2) is 3.22. The van der Waals surface area contributed by atoms with Gasteiger partial charge in [0.15, 0.2) is 0 Å². The second-order valence-corrected chi connectivity index (χ2v) is 3.25. The van der Waals surface area contributed by atoms with Crippen molar-refractivity contribution in [3.05, 3.63) is 0 Å². The largest absolute Gasteiger partial charge is 0.393 e. The van der Waals surface area contributed by atoms with E-state index in [1.165, 1.54) is 0 Å². The van der Waals surface area contributed by atoms with Crippen molar-refractivity contribution in [2.24, 2.45) is 5.92 Å². The summed E-state index contributed by atoms with van der Waals surface area (Å²) >= 11 is 0. The molecule has 12 heavy (non-hydrogen) atoms. The Labute approximate surface area is 68.0 Å². The van der Waals surface area contributed by atoms with Crippen LogP contribution in [0.2, 0.25) is 0 Å². The molecule has 0 aromatic carbocycles. The van der Waals surface area contributed by atoms with Crippen molar-refractivity contribution in [2.45, 2.75) is 37.6 Å². The highest BCUT2D eigenvalue weighted by atomic mass is 19.4. The summed E-state index contributed by atoms with van der Waals surface area (Å²) in [7, 11) is 0. The number of rotatable bonds is 0. The summed E-state index contributed by atoms with van der Waals surface area (Å²) in [5.41, 5.74) is 0. The van der Waals surface area contributed by atoms with Gasteiger partial charge in [0.2, 0.25) is 0 Å². The van der Waals surface area contributed by atoms with Gasteiger partial charge in [-0.2, -0.15) is 13.2 Å². The lowest BCUT2D eigenvalue weighted by atomic mass is 9.85. The summed E-state index contributed by atoms with van der Waals surface area (Å²) in [6, 6.07) is 0. The monoisotopic (exact) mass is 184 g/mol. The molecule has 1 aliphatic rings. The third-order valence-electron chi connectivity index (χ3n) is 2.12. The van der Waals surface area contributed by atoms with E-state index in [0.29, 0.717) is 0 Å². The maximum atomic E-state index is 12.1. The molecule has 0 aliphatic heterocycles. The molecule has 1 fully saturated rings. The van der Waals surface area contributed by atoms with Gasteiger partial charge in [-0.25, -0.2) is 0 Å². The molecule has 1 aliphatic carbocycles. The lowest BCUT2D eigenvalue weighted by Gasteiger charge is -2.30. The molecule has 72 valence electrons. The first-order chi connectivity index (χ1) is 5.39. The molecule has 1 unspecified atom stereocenters. The molecule has 0 aromatic heterocycles. The van der Waals surface area contributed by atoms with Gasteiger partial charge < -0.3 is 10.2 Å². The summed E-state index contributed by atoms with van der Waals surface area (Å²) in [5, 5.41) is 17.9. The van der Waals surface area contributed by atoms with E-state index >= 15 is 0 Å². The quantitative estimate of drug-likeness (QED) is 0.591. The average Bonchev–Trinajstić information content (AvgIpc) is 1.82. The van der Waals surface area contributed by atoms with Gasteiger partial charge in [-0.15, -0.1) is 0 Å². The third kappa shape index (κ3) is 2.35. The van der Waals surface area contributed by atoms with Gasteiger partial charge >= 0.3 is 6.18 Å². The maximum absolute atomic E-state index is 12.1. The molecule has 0 amide bonds. The van der Waals surface area contributed by atoms with E-state index in [0.717, 1.165) is 0 Å². The van der Waals surface area contributed by atoms with Crippen LogP contribution in [0.3, 0.4) is 0 Å². The van der Waals surface area contributed by atoms with Gasteiger partial charge in [0.05, 0.1) is 18.1 Å². The molecule has 0 bridgehead atoms. The Morgan fingerprint density at radius 1 is 0.917 bits per heavy atom. The van der Waals surface area contributed by atoms with Crippen LogP contribution in [0.4, 0.5) is 13.2 Å². The number of halogens is 3. The fourth-order valence-electron chi connectivity index (χ4n) is 1.53. The molecule has 2 N–H and O–H groups in total. The number of hydrogen-bond donors (Lipinski definition) is 2. The normalized spacial score (nSPS) is 38.2. The van der Waals surface area contributed by atoms with E-state index in [1.807, 2.05) is 0 Å². The molecular formula is C7H11F3O2. The van der Waals surface area contributed by atoms with E-state index < -0.39 is 24.3 Å². The Hall–Kier alpha value is -0.290. The maximum Gasteiger partial charge on any atom is 0.392 e. The van der Waals surface area contributed by atoms with E-state index in [1.54, 1.807) is 0 Å². The molecule has 1 saturated carbocycles. The summed E-state index contributed by atoms with van der Waals surface area (Å²) in [5.74, 6) is -1.55. The molecule has 0 saturated heterocycles. The number of hydrogen-bond acceptors (Lipinski definition) is 2. The van der Waals surface area contributed by atoms with Crippen LogP contribution in [0.15, 0.2) is 0 Å². The Balaban J connectivity index is 2.55. The fraction of sp³-hybridized carbons (Fsp3) is 1.00. The highest BCUT2D eigenvalue weighted by molar-refractivity contribution is 4.81. The summed E-state index contributed by atoms with van der Waals surface area (Å²) in [6.07, 6.45) is -6.81. The van der Waals surface area contributed by atoms with Crippen LogP contribution >= 0.6 is 0 Å². The highest BCUT2D eigenvalue weighted by Crippen LogP contribution is 2.37. The zero-order valence-corrected chi connectivity index (χ0v) is 6.38. The van der Waals surface area contributed by atoms with Crippen LogP contribution in [0.5, 0.6) is 0 Å². The molecule has 0 heterocycles. The SMILES string of the molecule is O[C@@H]1CC(C(F)(F)F)C[C@H](O)C1. The molecule has 2 nitrogen and oxygen atoms in total. The Kier molecular flexibility index (Phi) is 2.63. The highest BCUT2D eigenvalue weighted by Gasteiger charge is 2.44. The van der Waals surface area contributed by atoms with Crippen molar-refractivity contribution in [1.82, 2.24) is 0 Å². The van der Waals surface area contributed by atoms with Crippen LogP contribution in [0.25, 0.3) is 0 Å². The molecule has 1 rings (SSSR count). The van der Waals surface area contributed by atoms with Crippen LogP contribution in [-0.2, 0) is 0 Å². The first kappa shape index (κ1) is 9.80. The van der Waals surface area contributed by atoms with E-state index in [9.17, 15) is 13.2 Å². The topological polar surface area (TPSA) is 40.5 Å². The molecular weight excluding hydrogens is 173 g/mol. The van der Waals surface area contributed by atoms with Crippen LogP contribution in [0.1, 0.15) is 19.3 Å². The Morgan fingerprint density at radius 3 is 1.67 bits per heavy atom. The van der Waals surface area contributed by atoms with Crippen molar-refractivity contribution in [1.29, 1.82) is 0 Å². The van der Waals surface area contributed by atoms with Crippen molar-refractivity contribution < 1.29 is 23.4 Å². The van der Waals surface area contributed by atoms with Crippen molar-refractivity contribution in [2.75, 3.05) is 0 Å². The predicted molar refractivity (Wildman–Crippen MR) is 35.4 cm³/mol. The minimum atomic E-state index is -4.29. The van der Waals surface area contributed by atoms with Gasteiger partial charge in [-0.1, -0.05) is 0 Å². The second-order valence-electron chi connectivity index (χ2n) is 3.25. The first-order valence-corrected chi connectivity index (χ1v) is 3.82. The third-order valence-corrected chi connectivity index (χ3v) is 2.12. The fourth-order valence-corrected chi connectivity index (χ4v) is 1.53. The summed E-state index contributed by atoms with van der Waals surface area (Å²) < 4.78 is 36.2. The minimum absolute atomic E-state index is 0.0621. The Morgan fingerprint density at radius 2 is 1.33 bits per heavy atom. The Bertz CT molecular complexity index is 147. The summed E-state index contributed by atoms with van der Waals surface area (Å²) in [6.45, 7) is 0. The summed E-state index contributed by atoms with van der Waals surface area (Å²) in [4.78, 5) is 0. The van der Waals surface area contributed by atoms with Crippen molar-refractivity contribution in [3.63, 3.8) is 0 Å². The van der Waals surface area contributed by atoms with Crippen molar-refractivity contribution >= 4 is 0 Å². The number of aliphatic hydroxyl groups is 2. The van der Waals surface area contributed by atoms with Gasteiger partial charge in [0, 0.05) is 0 Å². The van der Waals surface area contributed by atoms with E-state index in [4.69, 9.17) is 10.2 Å². The first-order valence-electron chi connectivity index (χ1n) is 3.82. The van der Waals surface area contributed by atoms with Crippen LogP contribution in [-0.4, -0.2) is 28.6 Å². The van der Waals surface area contributed by atoms with E-state index in [2.05, 4.69) is 0 Å². The average molecular weight is 184 g/mol. The minimum Gasteiger partial charge on any atom is -0.393 e. The molecule has 0 radical (unpaired) electrons.